The maximum absolute atomic E-state index is 5.60. The summed E-state index contributed by atoms with van der Waals surface area (Å²) < 4.78 is 2.90. The molecule has 2 N–H and O–H groups in total. The lowest BCUT2D eigenvalue weighted by Gasteiger charge is -1.95. The maximum atomic E-state index is 5.60. The Kier molecular flexibility index (Phi) is 2.27. The summed E-state index contributed by atoms with van der Waals surface area (Å²) in [5, 5.41) is 6.26. The third kappa shape index (κ3) is 1.47. The van der Waals surface area contributed by atoms with Crippen molar-refractivity contribution >= 4 is 49.5 Å². The quantitative estimate of drug-likeness (QED) is 0.750. The van der Waals surface area contributed by atoms with Gasteiger partial charge in [0.15, 0.2) is 0 Å². The van der Waals surface area contributed by atoms with Crippen LogP contribution in [0.3, 0.4) is 0 Å². The van der Waals surface area contributed by atoms with Gasteiger partial charge in [-0.3, -0.25) is 0 Å². The number of aryl methyl sites for hydroxylation is 1. The van der Waals surface area contributed by atoms with E-state index in [0.29, 0.717) is 5.95 Å². The molecular weight excluding hydrogens is 308 g/mol. The fraction of sp³-hybridized carbons (Fsp3) is 0.111. The summed E-state index contributed by atoms with van der Waals surface area (Å²) in [7, 11) is 0. The van der Waals surface area contributed by atoms with Crippen LogP contribution in [0.5, 0.6) is 0 Å². The van der Waals surface area contributed by atoms with Crippen molar-refractivity contribution < 1.29 is 0 Å². The fourth-order valence-electron chi connectivity index (χ4n) is 1.57. The Balaban J connectivity index is 2.32. The van der Waals surface area contributed by atoms with Gasteiger partial charge >= 0.3 is 0 Å². The predicted octanol–water partition coefficient (Wildman–Crippen LogP) is 3.17. The molecule has 0 atom stereocenters. The number of hydrogen-bond acceptors (Lipinski definition) is 5. The molecule has 3 aromatic heterocycles. The first kappa shape index (κ1) is 10.2. The minimum absolute atomic E-state index is 0.322. The zero-order valence-corrected chi connectivity index (χ0v) is 11.5. The number of nitrogens with two attached hydrogens (primary N) is 1. The molecule has 4 nitrogen and oxygen atoms in total. The van der Waals surface area contributed by atoms with E-state index in [2.05, 4.69) is 44.4 Å². The van der Waals surface area contributed by atoms with Crippen molar-refractivity contribution in [1.29, 1.82) is 0 Å². The lowest BCUT2D eigenvalue weighted by molar-refractivity contribution is 0.990. The van der Waals surface area contributed by atoms with Crippen molar-refractivity contribution in [2.75, 3.05) is 5.73 Å². The number of nitrogen functional groups attached to an aromatic ring is 1. The number of hydrogen-bond donors (Lipinski definition) is 1. The van der Waals surface area contributed by atoms with Crippen LogP contribution in [-0.4, -0.2) is 14.6 Å². The molecule has 0 aliphatic rings. The van der Waals surface area contributed by atoms with Crippen molar-refractivity contribution in [3.8, 4) is 10.6 Å². The van der Waals surface area contributed by atoms with E-state index in [-0.39, 0.29) is 0 Å². The Morgan fingerprint density at radius 3 is 3.00 bits per heavy atom. The smallest absolute Gasteiger partial charge is 0.241 e. The number of anilines is 1. The molecule has 0 saturated heterocycles. The highest BCUT2D eigenvalue weighted by Gasteiger charge is 2.15. The van der Waals surface area contributed by atoms with E-state index in [1.54, 1.807) is 22.7 Å². The monoisotopic (exact) mass is 314 g/mol. The Hall–Kier alpha value is -0.920. The van der Waals surface area contributed by atoms with Gasteiger partial charge in [-0.05, 0) is 28.9 Å². The molecular formula is C9H7BrN4S2. The second kappa shape index (κ2) is 3.54. The first-order valence-corrected chi connectivity index (χ1v) is 7.00. The van der Waals surface area contributed by atoms with E-state index < -0.39 is 0 Å². The Morgan fingerprint density at radius 2 is 2.31 bits per heavy atom. The topological polar surface area (TPSA) is 56.2 Å². The minimum atomic E-state index is 0.322. The van der Waals surface area contributed by atoms with Crippen LogP contribution in [0.4, 0.5) is 5.95 Å². The summed E-state index contributed by atoms with van der Waals surface area (Å²) >= 11 is 6.74. The SMILES string of the molecule is Cc1sc2nc(N)nn2c1-c1cc(Br)cs1. The first-order valence-electron chi connectivity index (χ1n) is 4.51. The molecule has 0 fully saturated rings. The molecule has 3 rings (SSSR count). The third-order valence-corrected chi connectivity index (χ3v) is 4.83. The molecule has 0 aliphatic heterocycles. The molecule has 0 spiro atoms. The summed E-state index contributed by atoms with van der Waals surface area (Å²) in [4.78, 5) is 7.38. The van der Waals surface area contributed by atoms with Crippen LogP contribution in [0.25, 0.3) is 15.5 Å². The largest absolute Gasteiger partial charge is 0.366 e. The Labute approximate surface area is 108 Å². The van der Waals surface area contributed by atoms with Crippen LogP contribution in [0.2, 0.25) is 0 Å². The average molecular weight is 315 g/mol. The second-order valence-corrected chi connectivity index (χ2v) is 6.31. The highest BCUT2D eigenvalue weighted by atomic mass is 79.9. The van der Waals surface area contributed by atoms with E-state index in [9.17, 15) is 0 Å². The Bertz CT molecular complexity index is 666. The van der Waals surface area contributed by atoms with Crippen LogP contribution in [-0.2, 0) is 0 Å². The van der Waals surface area contributed by atoms with Crippen LogP contribution in [0.15, 0.2) is 15.9 Å². The number of aromatic nitrogens is 3. The lowest BCUT2D eigenvalue weighted by Crippen LogP contribution is -1.91. The molecule has 3 aromatic rings. The molecule has 7 heteroatoms. The number of thiophene rings is 1. The standard InChI is InChI=1S/C9H7BrN4S2/c1-4-7(6-2-5(10)3-15-6)14-9(16-4)12-8(11)13-14/h2-3H,1H3,(H2,11,13). The summed E-state index contributed by atoms with van der Waals surface area (Å²) in [5.41, 5.74) is 6.68. The zero-order valence-electron chi connectivity index (χ0n) is 8.27. The third-order valence-electron chi connectivity index (χ3n) is 2.18. The normalized spacial score (nSPS) is 11.4. The molecule has 16 heavy (non-hydrogen) atoms. The molecule has 0 radical (unpaired) electrons. The highest BCUT2D eigenvalue weighted by Crippen LogP contribution is 2.35. The van der Waals surface area contributed by atoms with Crippen molar-refractivity contribution in [3.63, 3.8) is 0 Å². The zero-order chi connectivity index (χ0) is 11.3. The summed E-state index contributed by atoms with van der Waals surface area (Å²) in [5.74, 6) is 0.322. The van der Waals surface area contributed by atoms with Gasteiger partial charge in [-0.15, -0.1) is 16.4 Å². The number of rotatable bonds is 1. The van der Waals surface area contributed by atoms with Gasteiger partial charge in [0.1, 0.15) is 0 Å². The number of nitrogens with zero attached hydrogens (tertiary/aromatic N) is 3. The molecule has 0 aliphatic carbocycles. The van der Waals surface area contributed by atoms with E-state index >= 15 is 0 Å². The molecule has 82 valence electrons. The van der Waals surface area contributed by atoms with Gasteiger partial charge in [-0.25, -0.2) is 0 Å². The molecule has 3 heterocycles. The van der Waals surface area contributed by atoms with Gasteiger partial charge in [0.05, 0.1) is 10.6 Å². The van der Waals surface area contributed by atoms with E-state index in [4.69, 9.17) is 5.73 Å². The summed E-state index contributed by atoms with van der Waals surface area (Å²) in [6, 6.07) is 2.08. The number of halogens is 1. The van der Waals surface area contributed by atoms with Crippen molar-refractivity contribution in [2.45, 2.75) is 6.92 Å². The summed E-state index contributed by atoms with van der Waals surface area (Å²) in [6.07, 6.45) is 0. The molecule has 0 unspecified atom stereocenters. The maximum Gasteiger partial charge on any atom is 0.241 e. The van der Waals surface area contributed by atoms with Crippen molar-refractivity contribution in [2.24, 2.45) is 0 Å². The first-order chi connectivity index (χ1) is 7.65. The molecule has 0 amide bonds. The van der Waals surface area contributed by atoms with Gasteiger partial charge < -0.3 is 5.73 Å². The van der Waals surface area contributed by atoms with Gasteiger partial charge in [0.25, 0.3) is 0 Å². The second-order valence-electron chi connectivity index (χ2n) is 3.30. The van der Waals surface area contributed by atoms with Crippen LogP contribution in [0.1, 0.15) is 4.88 Å². The van der Waals surface area contributed by atoms with Gasteiger partial charge in [-0.1, -0.05) is 11.3 Å². The van der Waals surface area contributed by atoms with Crippen molar-refractivity contribution in [3.05, 3.63) is 20.8 Å². The number of thiazole rings is 1. The molecule has 0 bridgehead atoms. The minimum Gasteiger partial charge on any atom is -0.366 e. The molecule has 0 saturated carbocycles. The van der Waals surface area contributed by atoms with Gasteiger partial charge in [0, 0.05) is 14.7 Å². The van der Waals surface area contributed by atoms with E-state index in [1.165, 1.54) is 9.75 Å². The Morgan fingerprint density at radius 1 is 1.50 bits per heavy atom. The fourth-order valence-corrected chi connectivity index (χ4v) is 4.08. The van der Waals surface area contributed by atoms with Crippen LogP contribution in [0, 0.1) is 6.92 Å². The number of fused-ring (bicyclic) bond motifs is 1. The van der Waals surface area contributed by atoms with Crippen molar-refractivity contribution in [1.82, 2.24) is 14.6 Å². The predicted molar refractivity (Wildman–Crippen MR) is 71.0 cm³/mol. The highest BCUT2D eigenvalue weighted by molar-refractivity contribution is 9.10. The van der Waals surface area contributed by atoms with Gasteiger partial charge in [0.2, 0.25) is 10.9 Å². The summed E-state index contributed by atoms with van der Waals surface area (Å²) in [6.45, 7) is 2.07. The van der Waals surface area contributed by atoms with E-state index in [1.807, 2.05) is 4.52 Å². The molecule has 0 aromatic carbocycles. The average Bonchev–Trinajstić information content (AvgIpc) is 2.80. The van der Waals surface area contributed by atoms with Crippen LogP contribution < -0.4 is 5.73 Å². The van der Waals surface area contributed by atoms with E-state index in [0.717, 1.165) is 15.1 Å². The van der Waals surface area contributed by atoms with Gasteiger partial charge in [-0.2, -0.15) is 9.50 Å². The van der Waals surface area contributed by atoms with Crippen LogP contribution >= 0.6 is 38.6 Å². The lowest BCUT2D eigenvalue weighted by atomic mass is 10.3.